The van der Waals surface area contributed by atoms with Gasteiger partial charge in [0.05, 0.1) is 12.3 Å². The predicted molar refractivity (Wildman–Crippen MR) is 79.7 cm³/mol. The van der Waals surface area contributed by atoms with Crippen molar-refractivity contribution in [1.82, 2.24) is 0 Å². The number of aliphatic imine (C=N–C) groups is 1. The molecule has 0 radical (unpaired) electrons. The third kappa shape index (κ3) is 2.30. The lowest BCUT2D eigenvalue weighted by Crippen LogP contribution is -2.32. The minimum Gasteiger partial charge on any atom is -0.371 e. The maximum absolute atomic E-state index is 13.6. The third-order valence-corrected chi connectivity index (χ3v) is 3.43. The minimum atomic E-state index is -0.328. The molecule has 102 valence electrons. The Morgan fingerprint density at radius 1 is 1.20 bits per heavy atom. The standard InChI is InChI=1S/C16H16FN3/c1-20-10-15(18)19-16(11-5-3-2-4-6-11)13-9-12(17)7-8-14(13)20/h2-9,15H,10,18H2,1H3. The predicted octanol–water partition coefficient (Wildman–Crippen LogP) is 2.40. The van der Waals surface area contributed by atoms with Crippen LogP contribution >= 0.6 is 0 Å². The molecule has 0 aromatic heterocycles. The molecular formula is C16H16FN3. The number of halogens is 1. The van der Waals surface area contributed by atoms with E-state index in [1.165, 1.54) is 12.1 Å². The summed E-state index contributed by atoms with van der Waals surface area (Å²) in [7, 11) is 1.94. The first-order valence-electron chi connectivity index (χ1n) is 6.55. The van der Waals surface area contributed by atoms with Crippen LogP contribution in [0.2, 0.25) is 0 Å². The molecule has 0 amide bonds. The average Bonchev–Trinajstić information content (AvgIpc) is 2.56. The van der Waals surface area contributed by atoms with Gasteiger partial charge in [0.2, 0.25) is 0 Å². The van der Waals surface area contributed by atoms with Gasteiger partial charge >= 0.3 is 0 Å². The lowest BCUT2D eigenvalue weighted by molar-refractivity contribution is 0.627. The van der Waals surface area contributed by atoms with Gasteiger partial charge in [0.1, 0.15) is 12.0 Å². The molecule has 0 fully saturated rings. The lowest BCUT2D eigenvalue weighted by Gasteiger charge is -2.20. The van der Waals surface area contributed by atoms with Crippen LogP contribution in [0.5, 0.6) is 0 Å². The summed E-state index contributed by atoms with van der Waals surface area (Å²) in [6.45, 7) is 0.606. The van der Waals surface area contributed by atoms with Crippen LogP contribution in [-0.4, -0.2) is 25.5 Å². The van der Waals surface area contributed by atoms with Gasteiger partial charge < -0.3 is 10.6 Å². The SMILES string of the molecule is CN1CC(N)N=C(c2ccccc2)c2cc(F)ccc21. The summed E-state index contributed by atoms with van der Waals surface area (Å²) < 4.78 is 13.6. The highest BCUT2D eigenvalue weighted by molar-refractivity contribution is 6.16. The number of hydrogen-bond acceptors (Lipinski definition) is 3. The Hall–Kier alpha value is -2.20. The average molecular weight is 269 g/mol. The number of rotatable bonds is 1. The molecule has 1 unspecified atom stereocenters. The monoisotopic (exact) mass is 269 g/mol. The number of hydrogen-bond donors (Lipinski definition) is 1. The second-order valence-electron chi connectivity index (χ2n) is 4.95. The molecule has 0 bridgehead atoms. The maximum Gasteiger partial charge on any atom is 0.124 e. The summed E-state index contributed by atoms with van der Waals surface area (Å²) in [5, 5.41) is 0. The quantitative estimate of drug-likeness (QED) is 0.863. The number of nitrogens with zero attached hydrogens (tertiary/aromatic N) is 2. The first-order valence-corrected chi connectivity index (χ1v) is 6.55. The van der Waals surface area contributed by atoms with Crippen molar-refractivity contribution in [3.8, 4) is 0 Å². The van der Waals surface area contributed by atoms with Crippen molar-refractivity contribution < 1.29 is 4.39 Å². The fraction of sp³-hybridized carbons (Fsp3) is 0.188. The Balaban J connectivity index is 2.22. The highest BCUT2D eigenvalue weighted by atomic mass is 19.1. The van der Waals surface area contributed by atoms with Crippen LogP contribution < -0.4 is 10.6 Å². The zero-order valence-electron chi connectivity index (χ0n) is 11.3. The highest BCUT2D eigenvalue weighted by Gasteiger charge is 2.21. The molecule has 1 aliphatic heterocycles. The van der Waals surface area contributed by atoms with Crippen molar-refractivity contribution >= 4 is 11.4 Å². The van der Waals surface area contributed by atoms with Gasteiger partial charge in [-0.25, -0.2) is 4.39 Å². The molecule has 2 N–H and O–H groups in total. The number of anilines is 1. The van der Waals surface area contributed by atoms with Crippen molar-refractivity contribution in [3.05, 3.63) is 65.5 Å². The molecule has 0 saturated heterocycles. The Labute approximate surface area is 117 Å². The smallest absolute Gasteiger partial charge is 0.124 e. The van der Waals surface area contributed by atoms with Crippen molar-refractivity contribution in [2.75, 3.05) is 18.5 Å². The van der Waals surface area contributed by atoms with Gasteiger partial charge in [-0.2, -0.15) is 0 Å². The van der Waals surface area contributed by atoms with E-state index < -0.39 is 0 Å². The molecule has 20 heavy (non-hydrogen) atoms. The van der Waals surface area contributed by atoms with Gasteiger partial charge in [-0.3, -0.25) is 4.99 Å². The molecule has 1 atom stereocenters. The first kappa shape index (κ1) is 12.8. The van der Waals surface area contributed by atoms with E-state index in [1.54, 1.807) is 6.07 Å². The molecule has 3 rings (SSSR count). The number of benzene rings is 2. The molecule has 4 heteroatoms. The third-order valence-electron chi connectivity index (χ3n) is 3.43. The number of benzodiazepines with no additional fused rings is 1. The Morgan fingerprint density at radius 3 is 2.70 bits per heavy atom. The van der Waals surface area contributed by atoms with E-state index in [0.29, 0.717) is 6.54 Å². The molecule has 0 aliphatic carbocycles. The van der Waals surface area contributed by atoms with Crippen LogP contribution in [0.3, 0.4) is 0 Å². The summed E-state index contributed by atoms with van der Waals surface area (Å²) in [5.41, 5.74) is 9.47. The second kappa shape index (κ2) is 5.06. The van der Waals surface area contributed by atoms with Crippen molar-refractivity contribution in [1.29, 1.82) is 0 Å². The van der Waals surface area contributed by atoms with E-state index in [0.717, 1.165) is 22.5 Å². The largest absolute Gasteiger partial charge is 0.371 e. The van der Waals surface area contributed by atoms with Gasteiger partial charge in [0.25, 0.3) is 0 Å². The fourth-order valence-corrected chi connectivity index (χ4v) is 2.51. The molecule has 3 nitrogen and oxygen atoms in total. The van der Waals surface area contributed by atoms with E-state index in [4.69, 9.17) is 5.73 Å². The van der Waals surface area contributed by atoms with E-state index in [2.05, 4.69) is 4.99 Å². The maximum atomic E-state index is 13.6. The molecule has 0 saturated carbocycles. The molecular weight excluding hydrogens is 253 g/mol. The second-order valence-corrected chi connectivity index (χ2v) is 4.95. The van der Waals surface area contributed by atoms with E-state index in [1.807, 2.05) is 42.3 Å². The van der Waals surface area contributed by atoms with Crippen LogP contribution in [0.4, 0.5) is 10.1 Å². The van der Waals surface area contributed by atoms with Crippen molar-refractivity contribution in [3.63, 3.8) is 0 Å². The van der Waals surface area contributed by atoms with Crippen LogP contribution in [0.1, 0.15) is 11.1 Å². The zero-order chi connectivity index (χ0) is 14.1. The van der Waals surface area contributed by atoms with E-state index in [-0.39, 0.29) is 12.0 Å². The summed E-state index contributed by atoms with van der Waals surface area (Å²) in [6, 6.07) is 14.5. The van der Waals surface area contributed by atoms with Crippen molar-refractivity contribution in [2.45, 2.75) is 6.17 Å². The normalized spacial score (nSPS) is 18.2. The number of likely N-dealkylation sites (N-methyl/N-ethyl adjacent to an activating group) is 1. The molecule has 0 spiro atoms. The van der Waals surface area contributed by atoms with Gasteiger partial charge in [0.15, 0.2) is 0 Å². The summed E-state index contributed by atoms with van der Waals surface area (Å²) in [5.74, 6) is -0.267. The highest BCUT2D eigenvalue weighted by Crippen LogP contribution is 2.27. The summed E-state index contributed by atoms with van der Waals surface area (Å²) in [6.07, 6.45) is -0.328. The van der Waals surface area contributed by atoms with E-state index >= 15 is 0 Å². The summed E-state index contributed by atoms with van der Waals surface area (Å²) in [4.78, 5) is 6.58. The van der Waals surface area contributed by atoms with Gasteiger partial charge in [-0.15, -0.1) is 0 Å². The van der Waals surface area contributed by atoms with Gasteiger partial charge in [0, 0.05) is 23.9 Å². The Morgan fingerprint density at radius 2 is 1.95 bits per heavy atom. The van der Waals surface area contributed by atoms with Crippen LogP contribution in [0, 0.1) is 5.82 Å². The van der Waals surface area contributed by atoms with Gasteiger partial charge in [-0.1, -0.05) is 30.3 Å². The topological polar surface area (TPSA) is 41.6 Å². The van der Waals surface area contributed by atoms with Crippen LogP contribution in [-0.2, 0) is 0 Å². The lowest BCUT2D eigenvalue weighted by atomic mass is 10.0. The Bertz CT molecular complexity index is 652. The molecule has 2 aromatic rings. The Kier molecular flexibility index (Phi) is 3.24. The van der Waals surface area contributed by atoms with E-state index in [9.17, 15) is 4.39 Å². The molecule has 1 aliphatic rings. The number of nitrogens with two attached hydrogens (primary N) is 1. The molecule has 2 aromatic carbocycles. The van der Waals surface area contributed by atoms with Crippen molar-refractivity contribution in [2.24, 2.45) is 10.7 Å². The number of fused-ring (bicyclic) bond motifs is 1. The summed E-state index contributed by atoms with van der Waals surface area (Å²) >= 11 is 0. The minimum absolute atomic E-state index is 0.267. The fourth-order valence-electron chi connectivity index (χ4n) is 2.51. The molecule has 1 heterocycles. The zero-order valence-corrected chi connectivity index (χ0v) is 11.3. The van der Waals surface area contributed by atoms with Crippen LogP contribution in [0.25, 0.3) is 0 Å². The van der Waals surface area contributed by atoms with Crippen LogP contribution in [0.15, 0.2) is 53.5 Å². The van der Waals surface area contributed by atoms with Gasteiger partial charge in [-0.05, 0) is 18.2 Å². The first-order chi connectivity index (χ1) is 9.65.